The van der Waals surface area contributed by atoms with Crippen molar-refractivity contribution in [3.05, 3.63) is 29.8 Å². The number of nitrogens with zero attached hydrogens (tertiary/aromatic N) is 1. The average Bonchev–Trinajstić information content (AvgIpc) is 2.59. The van der Waals surface area contributed by atoms with Crippen LogP contribution in [-0.2, 0) is 0 Å². The Hall–Kier alpha value is -1.75. The molecule has 5 nitrogen and oxygen atoms in total. The maximum atomic E-state index is 12.4. The normalized spacial score (nSPS) is 21.8. The lowest BCUT2D eigenvalue weighted by Gasteiger charge is -2.34. The number of ether oxygens (including phenoxy) is 1. The number of benzene rings is 1. The van der Waals surface area contributed by atoms with Crippen LogP contribution in [0.5, 0.6) is 5.75 Å². The van der Waals surface area contributed by atoms with Crippen LogP contribution in [-0.4, -0.2) is 48.4 Å². The van der Waals surface area contributed by atoms with Gasteiger partial charge in [0, 0.05) is 19.7 Å². The molecule has 0 bridgehead atoms. The number of amides is 2. The van der Waals surface area contributed by atoms with Crippen molar-refractivity contribution >= 4 is 6.03 Å². The zero-order chi connectivity index (χ0) is 17.5. The summed E-state index contributed by atoms with van der Waals surface area (Å²) in [5.41, 5.74) is 1.16. The Morgan fingerprint density at radius 3 is 2.71 bits per heavy atom. The number of carbonyl (C=O) groups excluding carboxylic acids is 1. The number of hydrogen-bond donors (Lipinski definition) is 2. The lowest BCUT2D eigenvalue weighted by atomic mass is 9.86. The highest BCUT2D eigenvalue weighted by atomic mass is 16.5. The fourth-order valence-corrected chi connectivity index (χ4v) is 3.16. The van der Waals surface area contributed by atoms with E-state index in [4.69, 9.17) is 4.74 Å². The Balaban J connectivity index is 1.74. The molecule has 1 fully saturated rings. The van der Waals surface area contributed by atoms with E-state index in [-0.39, 0.29) is 24.7 Å². The van der Waals surface area contributed by atoms with Crippen LogP contribution in [0.25, 0.3) is 0 Å². The second-order valence-electron chi connectivity index (χ2n) is 6.95. The van der Waals surface area contributed by atoms with Crippen molar-refractivity contribution in [2.24, 2.45) is 5.92 Å². The van der Waals surface area contributed by atoms with E-state index in [2.05, 4.69) is 5.32 Å². The summed E-state index contributed by atoms with van der Waals surface area (Å²) < 4.78 is 5.74. The predicted octanol–water partition coefficient (Wildman–Crippen LogP) is 2.95. The number of aliphatic hydroxyl groups is 1. The molecule has 1 aromatic carbocycles. The van der Waals surface area contributed by atoms with Crippen molar-refractivity contribution in [2.75, 3.05) is 20.3 Å². The van der Waals surface area contributed by atoms with Crippen LogP contribution < -0.4 is 10.1 Å². The van der Waals surface area contributed by atoms with Gasteiger partial charge in [0.05, 0.1) is 6.04 Å². The highest BCUT2D eigenvalue weighted by Crippen LogP contribution is 2.26. The quantitative estimate of drug-likeness (QED) is 0.841. The first-order valence-electron chi connectivity index (χ1n) is 8.83. The summed E-state index contributed by atoms with van der Waals surface area (Å²) in [6.45, 7) is 4.68. The molecular weight excluding hydrogens is 304 g/mol. The minimum absolute atomic E-state index is 0.0530. The molecule has 0 aromatic heterocycles. The fourth-order valence-electron chi connectivity index (χ4n) is 3.16. The lowest BCUT2D eigenvalue weighted by molar-refractivity contribution is 0.131. The third kappa shape index (κ3) is 5.41. The first kappa shape index (κ1) is 18.6. The Bertz CT molecular complexity index is 527. The van der Waals surface area contributed by atoms with Gasteiger partial charge in [0.1, 0.15) is 12.4 Å². The van der Waals surface area contributed by atoms with Gasteiger partial charge in [-0.2, -0.15) is 0 Å². The van der Waals surface area contributed by atoms with Crippen LogP contribution in [0, 0.1) is 12.8 Å². The monoisotopic (exact) mass is 334 g/mol. The molecule has 1 atom stereocenters. The van der Waals surface area contributed by atoms with E-state index in [9.17, 15) is 9.90 Å². The number of aliphatic hydroxyl groups excluding tert-OH is 1. The van der Waals surface area contributed by atoms with Crippen LogP contribution >= 0.6 is 0 Å². The molecule has 24 heavy (non-hydrogen) atoms. The van der Waals surface area contributed by atoms with E-state index in [1.807, 2.05) is 45.2 Å². The predicted molar refractivity (Wildman–Crippen MR) is 95.3 cm³/mol. The Labute approximate surface area is 145 Å². The summed E-state index contributed by atoms with van der Waals surface area (Å²) in [6, 6.07) is 8.05. The van der Waals surface area contributed by atoms with Crippen LogP contribution in [0.15, 0.2) is 24.3 Å². The summed E-state index contributed by atoms with van der Waals surface area (Å²) in [7, 11) is 1.85. The Kier molecular flexibility index (Phi) is 6.91. The fraction of sp³-hybridized carbons (Fsp3) is 0.632. The number of nitrogens with one attached hydrogen (secondary N) is 1. The average molecular weight is 334 g/mol. The van der Waals surface area contributed by atoms with E-state index in [1.54, 1.807) is 4.90 Å². The van der Waals surface area contributed by atoms with Crippen molar-refractivity contribution in [1.29, 1.82) is 0 Å². The third-order valence-electron chi connectivity index (χ3n) is 4.80. The second kappa shape index (κ2) is 8.92. The van der Waals surface area contributed by atoms with E-state index in [0.717, 1.165) is 37.0 Å². The van der Waals surface area contributed by atoms with Crippen LogP contribution in [0.4, 0.5) is 4.79 Å². The van der Waals surface area contributed by atoms with Crippen molar-refractivity contribution in [3.63, 3.8) is 0 Å². The molecule has 2 rings (SSSR count). The molecule has 0 heterocycles. The minimum atomic E-state index is -0.0609. The molecule has 1 aliphatic rings. The lowest BCUT2D eigenvalue weighted by Crippen LogP contribution is -2.49. The largest absolute Gasteiger partial charge is 0.491 e. The molecule has 0 spiro atoms. The molecule has 0 saturated heterocycles. The van der Waals surface area contributed by atoms with Gasteiger partial charge in [0.25, 0.3) is 0 Å². The van der Waals surface area contributed by atoms with Gasteiger partial charge in [-0.05, 0) is 63.1 Å². The van der Waals surface area contributed by atoms with Gasteiger partial charge < -0.3 is 20.1 Å². The minimum Gasteiger partial charge on any atom is -0.491 e. The molecule has 5 heteroatoms. The van der Waals surface area contributed by atoms with E-state index < -0.39 is 0 Å². The highest BCUT2D eigenvalue weighted by molar-refractivity contribution is 5.74. The zero-order valence-corrected chi connectivity index (χ0v) is 15.0. The van der Waals surface area contributed by atoms with Crippen molar-refractivity contribution in [3.8, 4) is 5.75 Å². The number of aryl methyl sites for hydroxylation is 1. The molecule has 1 aliphatic carbocycles. The van der Waals surface area contributed by atoms with Gasteiger partial charge in [-0.3, -0.25) is 0 Å². The van der Waals surface area contributed by atoms with E-state index in [1.165, 1.54) is 0 Å². The number of hydrogen-bond acceptors (Lipinski definition) is 3. The highest BCUT2D eigenvalue weighted by Gasteiger charge is 2.26. The SMILES string of the molecule is Cc1cccc(OCC(C)NC(=O)N(C)C2CCC(CO)CC2)c1. The van der Waals surface area contributed by atoms with Crippen molar-refractivity contribution < 1.29 is 14.6 Å². The summed E-state index contributed by atoms with van der Waals surface area (Å²) in [4.78, 5) is 14.2. The molecule has 1 saturated carbocycles. The van der Waals surface area contributed by atoms with Crippen molar-refractivity contribution in [1.82, 2.24) is 10.2 Å². The van der Waals surface area contributed by atoms with E-state index >= 15 is 0 Å². The zero-order valence-electron chi connectivity index (χ0n) is 15.0. The molecule has 2 N–H and O–H groups in total. The number of rotatable bonds is 6. The topological polar surface area (TPSA) is 61.8 Å². The van der Waals surface area contributed by atoms with Crippen LogP contribution in [0.1, 0.15) is 38.2 Å². The molecule has 1 unspecified atom stereocenters. The van der Waals surface area contributed by atoms with E-state index in [0.29, 0.717) is 12.5 Å². The van der Waals surface area contributed by atoms with Crippen LogP contribution in [0.3, 0.4) is 0 Å². The third-order valence-corrected chi connectivity index (χ3v) is 4.80. The van der Waals surface area contributed by atoms with Gasteiger partial charge >= 0.3 is 6.03 Å². The van der Waals surface area contributed by atoms with Gasteiger partial charge in [-0.25, -0.2) is 4.79 Å². The second-order valence-corrected chi connectivity index (χ2v) is 6.95. The number of urea groups is 1. The molecule has 134 valence electrons. The van der Waals surface area contributed by atoms with Crippen molar-refractivity contribution in [2.45, 2.75) is 51.6 Å². The number of carbonyl (C=O) groups is 1. The maximum absolute atomic E-state index is 12.4. The first-order chi connectivity index (χ1) is 11.5. The smallest absolute Gasteiger partial charge is 0.317 e. The maximum Gasteiger partial charge on any atom is 0.317 e. The Morgan fingerprint density at radius 2 is 2.08 bits per heavy atom. The molecule has 0 radical (unpaired) electrons. The molecule has 0 aliphatic heterocycles. The van der Waals surface area contributed by atoms with Gasteiger partial charge in [0.15, 0.2) is 0 Å². The molecular formula is C19H30N2O3. The molecule has 1 aromatic rings. The standard InChI is InChI=1S/C19H30N2O3/c1-14-5-4-6-18(11-14)24-13-15(2)20-19(23)21(3)17-9-7-16(12-22)8-10-17/h4-6,11,15-17,22H,7-10,12-13H2,1-3H3,(H,20,23). The summed E-state index contributed by atoms with van der Waals surface area (Å²) in [5.74, 6) is 1.23. The first-order valence-corrected chi connectivity index (χ1v) is 8.83. The molecule has 2 amide bonds. The van der Waals surface area contributed by atoms with Crippen LogP contribution in [0.2, 0.25) is 0 Å². The van der Waals surface area contributed by atoms with Gasteiger partial charge in [0.2, 0.25) is 0 Å². The Morgan fingerprint density at radius 1 is 1.38 bits per heavy atom. The summed E-state index contributed by atoms with van der Waals surface area (Å²) in [6.07, 6.45) is 3.91. The summed E-state index contributed by atoms with van der Waals surface area (Å²) in [5, 5.41) is 12.2. The summed E-state index contributed by atoms with van der Waals surface area (Å²) >= 11 is 0. The van der Waals surface area contributed by atoms with Gasteiger partial charge in [-0.15, -0.1) is 0 Å². The van der Waals surface area contributed by atoms with Gasteiger partial charge in [-0.1, -0.05) is 12.1 Å².